The number of nitrogens with zero attached hydrogens (tertiary/aromatic N) is 2. The normalized spacial score (nSPS) is 31.1. The van der Waals surface area contributed by atoms with Crippen LogP contribution in [0.25, 0.3) is 0 Å². The van der Waals surface area contributed by atoms with Crippen molar-refractivity contribution in [1.29, 1.82) is 0 Å². The quantitative estimate of drug-likeness (QED) is 0.643. The van der Waals surface area contributed by atoms with E-state index in [1.165, 1.54) is 36.1 Å². The second-order valence-electron chi connectivity index (χ2n) is 12.2. The number of ether oxygens (including phenoxy) is 1. The number of benzene rings is 2. The van der Waals surface area contributed by atoms with Crippen molar-refractivity contribution in [3.05, 3.63) is 58.1 Å². The molecule has 0 unspecified atom stereocenters. The lowest BCUT2D eigenvalue weighted by Gasteiger charge is -2.60. The zero-order chi connectivity index (χ0) is 25.5. The number of carbonyl (C=O) groups excluding carboxylic acids is 1. The largest absolute Gasteiger partial charge is 0.504 e. The van der Waals surface area contributed by atoms with E-state index in [1.54, 1.807) is 0 Å². The Hall–Kier alpha value is -2.97. The molecule has 3 fully saturated rings. The summed E-state index contributed by atoms with van der Waals surface area (Å²) < 4.78 is 6.74. The first-order chi connectivity index (χ1) is 17.9. The van der Waals surface area contributed by atoms with Gasteiger partial charge in [-0.3, -0.25) is 9.69 Å². The number of aryl methyl sites for hydroxylation is 2. The number of phenolic OH excluding ortho intramolecular Hbond substituents is 1. The molecule has 1 spiro atoms. The summed E-state index contributed by atoms with van der Waals surface area (Å²) in [5.74, 6) is 8.10. The summed E-state index contributed by atoms with van der Waals surface area (Å²) in [6.07, 6.45) is 6.66. The molecule has 2 saturated carbocycles. The van der Waals surface area contributed by atoms with E-state index in [0.29, 0.717) is 17.7 Å². The fourth-order valence-electron chi connectivity index (χ4n) is 8.21. The smallest absolute Gasteiger partial charge is 0.298 e. The van der Waals surface area contributed by atoms with Crippen LogP contribution in [0.15, 0.2) is 30.3 Å². The Bertz CT molecular complexity index is 1350. The third kappa shape index (κ3) is 3.45. The van der Waals surface area contributed by atoms with Gasteiger partial charge in [0.25, 0.3) is 5.91 Å². The van der Waals surface area contributed by atoms with E-state index in [0.717, 1.165) is 49.3 Å². The highest BCUT2D eigenvalue weighted by Crippen LogP contribution is 2.64. The van der Waals surface area contributed by atoms with Crippen molar-refractivity contribution in [2.45, 2.75) is 76.0 Å². The summed E-state index contributed by atoms with van der Waals surface area (Å²) >= 11 is 0. The Morgan fingerprint density at radius 1 is 1.22 bits per heavy atom. The van der Waals surface area contributed by atoms with Crippen molar-refractivity contribution in [2.24, 2.45) is 11.8 Å². The van der Waals surface area contributed by atoms with Crippen LogP contribution in [0, 0.1) is 37.5 Å². The predicted molar refractivity (Wildman–Crippen MR) is 143 cm³/mol. The molecule has 2 aromatic rings. The van der Waals surface area contributed by atoms with Crippen LogP contribution in [0.4, 0.5) is 0 Å². The molecule has 2 aromatic carbocycles. The highest BCUT2D eigenvalue weighted by Gasteiger charge is 2.66. The highest BCUT2D eigenvalue weighted by molar-refractivity contribution is 5.94. The zero-order valence-electron chi connectivity index (χ0n) is 22.1. The van der Waals surface area contributed by atoms with Gasteiger partial charge in [-0.1, -0.05) is 18.1 Å². The lowest BCUT2D eigenvalue weighted by molar-refractivity contribution is -0.134. The van der Waals surface area contributed by atoms with Gasteiger partial charge in [-0.15, -0.1) is 0 Å². The van der Waals surface area contributed by atoms with Gasteiger partial charge < -0.3 is 14.7 Å². The van der Waals surface area contributed by atoms with Crippen molar-refractivity contribution in [3.63, 3.8) is 0 Å². The summed E-state index contributed by atoms with van der Waals surface area (Å²) in [4.78, 5) is 17.9. The van der Waals surface area contributed by atoms with E-state index in [2.05, 4.69) is 23.7 Å². The van der Waals surface area contributed by atoms with Crippen molar-refractivity contribution >= 4 is 5.91 Å². The maximum absolute atomic E-state index is 13.3. The van der Waals surface area contributed by atoms with Crippen LogP contribution < -0.4 is 4.74 Å². The molecule has 192 valence electrons. The Kier molecular flexibility index (Phi) is 5.18. The average molecular weight is 497 g/mol. The minimum Gasteiger partial charge on any atom is -0.504 e. The number of hydrogen-bond acceptors (Lipinski definition) is 4. The van der Waals surface area contributed by atoms with Crippen molar-refractivity contribution in [2.75, 3.05) is 20.1 Å². The maximum Gasteiger partial charge on any atom is 0.298 e. The summed E-state index contributed by atoms with van der Waals surface area (Å²) in [5.41, 5.74) is 5.67. The van der Waals surface area contributed by atoms with Crippen molar-refractivity contribution in [1.82, 2.24) is 9.80 Å². The summed E-state index contributed by atoms with van der Waals surface area (Å²) in [6, 6.07) is 10.3. The van der Waals surface area contributed by atoms with E-state index in [9.17, 15) is 9.90 Å². The second kappa shape index (κ2) is 8.27. The van der Waals surface area contributed by atoms with E-state index >= 15 is 0 Å². The Morgan fingerprint density at radius 3 is 2.84 bits per heavy atom. The van der Waals surface area contributed by atoms with Gasteiger partial charge in [0.15, 0.2) is 11.5 Å². The number of aromatic hydroxyl groups is 1. The molecular formula is C32H36N2O3. The molecule has 0 radical (unpaired) electrons. The van der Waals surface area contributed by atoms with Gasteiger partial charge in [-0.2, -0.15) is 0 Å². The molecule has 1 N–H and O–H groups in total. The van der Waals surface area contributed by atoms with Crippen molar-refractivity contribution < 1.29 is 14.6 Å². The van der Waals surface area contributed by atoms with Crippen LogP contribution >= 0.6 is 0 Å². The second-order valence-corrected chi connectivity index (χ2v) is 12.2. The predicted octanol–water partition coefficient (Wildman–Crippen LogP) is 4.34. The minimum absolute atomic E-state index is 0.0655. The number of rotatable bonds is 3. The molecule has 3 aliphatic carbocycles. The number of carbonyl (C=O) groups is 1. The van der Waals surface area contributed by atoms with Crippen LogP contribution in [-0.2, 0) is 16.6 Å². The lowest BCUT2D eigenvalue weighted by atomic mass is 9.50. The van der Waals surface area contributed by atoms with Crippen LogP contribution in [0.5, 0.6) is 11.5 Å². The third-order valence-electron chi connectivity index (χ3n) is 10.1. The molecule has 5 nitrogen and oxygen atoms in total. The molecule has 2 bridgehead atoms. The molecule has 7 rings (SSSR count). The van der Waals surface area contributed by atoms with Crippen LogP contribution in [0.2, 0.25) is 0 Å². The summed E-state index contributed by atoms with van der Waals surface area (Å²) in [6.45, 7) is 6.46. The standard InChI is InChI=1S/C32H36N2O3/c1-19-5-4-6-21(15-19)9-12-28(36)33(3)25-11-10-24-26-17-23-20(2)16-27(35)30-29(23)32(24,31(25)37-30)13-14-34(26)18-22-7-8-22/h4-6,15-16,22,24-26,31,35H,7-8,10-11,13-14,17-18H2,1-3H3/t24-,25+,26+,31-,32-/m0/s1. The van der Waals surface area contributed by atoms with E-state index in [1.807, 2.05) is 49.2 Å². The third-order valence-corrected chi connectivity index (χ3v) is 10.1. The molecule has 2 aliphatic heterocycles. The van der Waals surface area contributed by atoms with Crippen LogP contribution in [-0.4, -0.2) is 59.1 Å². The molecule has 0 aromatic heterocycles. The summed E-state index contributed by atoms with van der Waals surface area (Å²) in [5, 5.41) is 11.0. The first kappa shape index (κ1) is 23.2. The van der Waals surface area contributed by atoms with Gasteiger partial charge in [0, 0.05) is 42.1 Å². The number of phenols is 1. The van der Waals surface area contributed by atoms with Gasteiger partial charge in [0.05, 0.1) is 6.04 Å². The van der Waals surface area contributed by atoms with Gasteiger partial charge in [-0.25, -0.2) is 0 Å². The van der Waals surface area contributed by atoms with E-state index < -0.39 is 0 Å². The Morgan fingerprint density at radius 2 is 2.05 bits per heavy atom. The van der Waals surface area contributed by atoms with Crippen LogP contribution in [0.1, 0.15) is 59.9 Å². The maximum atomic E-state index is 13.3. The molecule has 5 aliphatic rings. The average Bonchev–Trinajstić information content (AvgIpc) is 3.63. The molecule has 37 heavy (non-hydrogen) atoms. The fourth-order valence-corrected chi connectivity index (χ4v) is 8.21. The SMILES string of the molecule is Cc1cccc(C#CC(=O)N(C)[C@@H]2CC[C@H]3[C@H]4Cc5c(C)cc(O)c6c5[C@@]3(CCN4CC3CC3)[C@H]2O6)c1. The number of piperidine rings is 1. The molecule has 1 amide bonds. The van der Waals surface area contributed by atoms with Gasteiger partial charge in [-0.05, 0) is 106 Å². The molecular weight excluding hydrogens is 460 g/mol. The highest BCUT2D eigenvalue weighted by atomic mass is 16.5. The zero-order valence-corrected chi connectivity index (χ0v) is 22.1. The van der Waals surface area contributed by atoms with Crippen LogP contribution in [0.3, 0.4) is 0 Å². The molecule has 1 saturated heterocycles. The Balaban J connectivity index is 1.25. The first-order valence-electron chi connectivity index (χ1n) is 14.0. The van der Waals surface area contributed by atoms with Gasteiger partial charge in [0.1, 0.15) is 6.10 Å². The number of hydrogen-bond donors (Lipinski definition) is 1. The van der Waals surface area contributed by atoms with E-state index in [-0.39, 0.29) is 29.2 Å². The monoisotopic (exact) mass is 496 g/mol. The first-order valence-corrected chi connectivity index (χ1v) is 14.0. The fraction of sp³-hybridized carbons (Fsp3) is 0.531. The van der Waals surface area contributed by atoms with Gasteiger partial charge in [0.2, 0.25) is 0 Å². The number of amides is 1. The van der Waals surface area contributed by atoms with Gasteiger partial charge >= 0.3 is 0 Å². The molecule has 2 heterocycles. The number of likely N-dealkylation sites (N-methyl/N-ethyl adjacent to an activating group) is 1. The van der Waals surface area contributed by atoms with E-state index in [4.69, 9.17) is 4.74 Å². The topological polar surface area (TPSA) is 53.0 Å². The van der Waals surface area contributed by atoms with Crippen molar-refractivity contribution in [3.8, 4) is 23.3 Å². The Labute approximate surface area is 219 Å². The summed E-state index contributed by atoms with van der Waals surface area (Å²) in [7, 11) is 1.88. The molecule has 5 atom stereocenters. The lowest BCUT2D eigenvalue weighted by Crippen LogP contribution is -2.69. The molecule has 5 heteroatoms. The minimum atomic E-state index is -0.167. The number of likely N-dealkylation sites (tertiary alicyclic amines) is 1.